The van der Waals surface area contributed by atoms with E-state index in [4.69, 9.17) is 4.74 Å². The zero-order valence-corrected chi connectivity index (χ0v) is 31.4. The summed E-state index contributed by atoms with van der Waals surface area (Å²) in [5.41, 5.74) is 1.02. The molecule has 0 atom stereocenters. The summed E-state index contributed by atoms with van der Waals surface area (Å²) >= 11 is 0. The van der Waals surface area contributed by atoms with E-state index in [0.717, 1.165) is 25.7 Å². The highest BCUT2D eigenvalue weighted by molar-refractivity contribution is 6.01. The molecule has 0 saturated carbocycles. The maximum atomic E-state index is 12.7. The standard InChI is InChI=1S/C43H77NO3/c1-3-5-7-9-11-13-15-17-19-21-23-25-27-29-31-35-39-47-43(46)40-36-33-34-37-41(40)44-42(45)38-32-30-28-26-24-22-20-18-16-14-12-10-8-6-4-2/h33-34,36-37H,3-32,35,38-39H2,1-2H3,(H,44,45). The van der Waals surface area contributed by atoms with Gasteiger partial charge in [0.1, 0.15) is 0 Å². The Morgan fingerprint density at radius 1 is 0.468 bits per heavy atom. The van der Waals surface area contributed by atoms with Crippen LogP contribution in [-0.4, -0.2) is 18.5 Å². The van der Waals surface area contributed by atoms with Crippen molar-refractivity contribution in [1.29, 1.82) is 0 Å². The summed E-state index contributed by atoms with van der Waals surface area (Å²) < 4.78 is 5.57. The molecule has 1 rings (SSSR count). The van der Waals surface area contributed by atoms with Gasteiger partial charge in [0.2, 0.25) is 5.91 Å². The number of anilines is 1. The first-order chi connectivity index (χ1) is 23.2. The van der Waals surface area contributed by atoms with E-state index in [1.807, 2.05) is 12.1 Å². The summed E-state index contributed by atoms with van der Waals surface area (Å²) in [6.45, 7) is 5.00. The fraction of sp³-hybridized carbons (Fsp3) is 0.814. The Balaban J connectivity index is 2.00. The molecule has 1 amide bonds. The Morgan fingerprint density at radius 3 is 1.21 bits per heavy atom. The molecule has 1 aromatic rings. The third-order valence-electron chi connectivity index (χ3n) is 9.66. The highest BCUT2D eigenvalue weighted by atomic mass is 16.5. The number of benzene rings is 1. The van der Waals surface area contributed by atoms with Crippen LogP contribution in [0.4, 0.5) is 5.69 Å². The van der Waals surface area contributed by atoms with Crippen molar-refractivity contribution in [2.75, 3.05) is 11.9 Å². The van der Waals surface area contributed by atoms with Crippen LogP contribution >= 0.6 is 0 Å². The van der Waals surface area contributed by atoms with Crippen LogP contribution in [0, 0.1) is 0 Å². The second kappa shape index (κ2) is 34.0. The molecule has 0 aliphatic carbocycles. The first-order valence-corrected chi connectivity index (χ1v) is 20.7. The molecule has 0 aliphatic heterocycles. The van der Waals surface area contributed by atoms with Gasteiger partial charge in [0.25, 0.3) is 0 Å². The minimum absolute atomic E-state index is 0.0160. The lowest BCUT2D eigenvalue weighted by Crippen LogP contribution is -2.15. The van der Waals surface area contributed by atoms with Crippen LogP contribution in [0.1, 0.15) is 230 Å². The van der Waals surface area contributed by atoms with Crippen molar-refractivity contribution >= 4 is 17.6 Å². The van der Waals surface area contributed by atoms with Crippen LogP contribution < -0.4 is 5.32 Å². The first-order valence-electron chi connectivity index (χ1n) is 20.7. The topological polar surface area (TPSA) is 55.4 Å². The lowest BCUT2D eigenvalue weighted by molar-refractivity contribution is -0.116. The Bertz CT molecular complexity index is 838. The molecule has 0 aliphatic rings. The summed E-state index contributed by atoms with van der Waals surface area (Å²) in [5, 5.41) is 2.96. The van der Waals surface area contributed by atoms with Gasteiger partial charge in [-0.05, 0) is 25.0 Å². The number of ether oxygens (including phenoxy) is 1. The summed E-state index contributed by atoms with van der Waals surface area (Å²) in [6, 6.07) is 7.24. The van der Waals surface area contributed by atoms with Crippen molar-refractivity contribution in [2.45, 2.75) is 219 Å². The minimum atomic E-state index is -0.339. The Hall–Kier alpha value is -1.84. The van der Waals surface area contributed by atoms with Crippen molar-refractivity contribution in [3.8, 4) is 0 Å². The van der Waals surface area contributed by atoms with E-state index >= 15 is 0 Å². The van der Waals surface area contributed by atoms with Crippen molar-refractivity contribution in [2.24, 2.45) is 0 Å². The van der Waals surface area contributed by atoms with Gasteiger partial charge in [-0.15, -0.1) is 0 Å². The van der Waals surface area contributed by atoms with E-state index in [0.29, 0.717) is 24.3 Å². The van der Waals surface area contributed by atoms with Crippen LogP contribution in [0.5, 0.6) is 0 Å². The molecule has 0 spiro atoms. The van der Waals surface area contributed by atoms with Crippen LogP contribution in [0.3, 0.4) is 0 Å². The van der Waals surface area contributed by atoms with Gasteiger partial charge in [0.15, 0.2) is 0 Å². The number of para-hydroxylation sites is 1. The number of rotatable bonds is 35. The molecular formula is C43H77NO3. The van der Waals surface area contributed by atoms with Gasteiger partial charge in [-0.1, -0.05) is 212 Å². The van der Waals surface area contributed by atoms with Gasteiger partial charge >= 0.3 is 5.97 Å². The molecule has 0 unspecified atom stereocenters. The molecule has 4 heteroatoms. The van der Waals surface area contributed by atoms with Crippen LogP contribution in [0.2, 0.25) is 0 Å². The van der Waals surface area contributed by atoms with E-state index in [-0.39, 0.29) is 11.9 Å². The molecule has 272 valence electrons. The summed E-state index contributed by atoms with van der Waals surface area (Å²) in [6.07, 6.45) is 41.4. The second-order valence-electron chi connectivity index (χ2n) is 14.2. The van der Waals surface area contributed by atoms with E-state index in [1.54, 1.807) is 12.1 Å². The molecule has 0 radical (unpaired) electrons. The van der Waals surface area contributed by atoms with Gasteiger partial charge in [0.05, 0.1) is 17.9 Å². The number of hydrogen-bond acceptors (Lipinski definition) is 3. The van der Waals surface area contributed by atoms with Crippen LogP contribution in [0.25, 0.3) is 0 Å². The Morgan fingerprint density at radius 2 is 0.809 bits per heavy atom. The molecular weight excluding hydrogens is 578 g/mol. The smallest absolute Gasteiger partial charge is 0.340 e. The fourth-order valence-electron chi connectivity index (χ4n) is 6.53. The predicted octanol–water partition coefficient (Wildman–Crippen LogP) is 14.3. The quantitative estimate of drug-likeness (QED) is 0.0585. The highest BCUT2D eigenvalue weighted by Gasteiger charge is 2.14. The van der Waals surface area contributed by atoms with Crippen LogP contribution in [0.15, 0.2) is 24.3 Å². The molecule has 0 heterocycles. The van der Waals surface area contributed by atoms with Crippen molar-refractivity contribution in [3.05, 3.63) is 29.8 Å². The van der Waals surface area contributed by atoms with Gasteiger partial charge < -0.3 is 10.1 Å². The molecule has 0 fully saturated rings. The molecule has 0 aromatic heterocycles. The number of unbranched alkanes of at least 4 members (excludes halogenated alkanes) is 29. The maximum Gasteiger partial charge on any atom is 0.340 e. The van der Waals surface area contributed by atoms with E-state index in [9.17, 15) is 9.59 Å². The zero-order chi connectivity index (χ0) is 33.9. The van der Waals surface area contributed by atoms with Crippen molar-refractivity contribution < 1.29 is 14.3 Å². The van der Waals surface area contributed by atoms with Gasteiger partial charge in [0, 0.05) is 6.42 Å². The van der Waals surface area contributed by atoms with Crippen LogP contribution in [-0.2, 0) is 9.53 Å². The summed E-state index contributed by atoms with van der Waals surface area (Å²) in [7, 11) is 0. The van der Waals surface area contributed by atoms with Crippen molar-refractivity contribution in [1.82, 2.24) is 0 Å². The predicted molar refractivity (Wildman–Crippen MR) is 204 cm³/mol. The zero-order valence-electron chi connectivity index (χ0n) is 31.4. The average Bonchev–Trinajstić information content (AvgIpc) is 3.08. The Labute approximate surface area is 292 Å². The average molecular weight is 656 g/mol. The highest BCUT2D eigenvalue weighted by Crippen LogP contribution is 2.19. The van der Waals surface area contributed by atoms with E-state index in [2.05, 4.69) is 19.2 Å². The third kappa shape index (κ3) is 27.8. The van der Waals surface area contributed by atoms with Gasteiger partial charge in [-0.3, -0.25) is 4.79 Å². The molecule has 0 saturated heterocycles. The molecule has 1 aromatic carbocycles. The summed E-state index contributed by atoms with van der Waals surface area (Å²) in [5.74, 6) is -0.355. The summed E-state index contributed by atoms with van der Waals surface area (Å²) in [4.78, 5) is 25.3. The lowest BCUT2D eigenvalue weighted by Gasteiger charge is -2.11. The SMILES string of the molecule is CCCCCCCCCCCCCCCCCCOC(=O)c1ccccc1NC(=O)CCCCCCCCCCCCCCCCC. The molecule has 0 bridgehead atoms. The minimum Gasteiger partial charge on any atom is -0.462 e. The molecule has 47 heavy (non-hydrogen) atoms. The van der Waals surface area contributed by atoms with Crippen molar-refractivity contribution in [3.63, 3.8) is 0 Å². The largest absolute Gasteiger partial charge is 0.462 e. The lowest BCUT2D eigenvalue weighted by atomic mass is 10.0. The number of nitrogens with one attached hydrogen (secondary N) is 1. The monoisotopic (exact) mass is 656 g/mol. The fourth-order valence-corrected chi connectivity index (χ4v) is 6.53. The third-order valence-corrected chi connectivity index (χ3v) is 9.66. The normalized spacial score (nSPS) is 11.2. The van der Waals surface area contributed by atoms with E-state index in [1.165, 1.54) is 173 Å². The van der Waals surface area contributed by atoms with Gasteiger partial charge in [-0.2, -0.15) is 0 Å². The molecule has 1 N–H and O–H groups in total. The van der Waals surface area contributed by atoms with Gasteiger partial charge in [-0.25, -0.2) is 4.79 Å². The maximum absolute atomic E-state index is 12.7. The number of hydrogen-bond donors (Lipinski definition) is 1. The Kier molecular flexibility index (Phi) is 31.3. The van der Waals surface area contributed by atoms with E-state index < -0.39 is 0 Å². The number of amides is 1. The number of esters is 1. The second-order valence-corrected chi connectivity index (χ2v) is 14.2. The molecule has 4 nitrogen and oxygen atoms in total. The number of carbonyl (C=O) groups excluding carboxylic acids is 2. The first kappa shape index (κ1) is 43.2. The number of carbonyl (C=O) groups is 2.